The third kappa shape index (κ3) is 40.6. The molecule has 1 unspecified atom stereocenters. The number of phosphoric acid groups is 1. The van der Waals surface area contributed by atoms with E-state index in [-0.39, 0.29) is 19.4 Å². The number of hydrogen-bond acceptors (Lipinski definition) is 9. The van der Waals surface area contributed by atoms with E-state index >= 15 is 0 Å². The first kappa shape index (κ1) is 54.5. The number of allylic oxidation sites excluding steroid dienone is 4. The van der Waals surface area contributed by atoms with Gasteiger partial charge in [0.05, 0.1) is 19.8 Å². The van der Waals surface area contributed by atoms with E-state index in [4.69, 9.17) is 23.6 Å². The number of carbonyl (C=O) groups is 2. The van der Waals surface area contributed by atoms with E-state index in [0.29, 0.717) is 12.8 Å². The maximum Gasteiger partial charge on any atom is 0.472 e. The van der Waals surface area contributed by atoms with Crippen LogP contribution in [0.1, 0.15) is 213 Å². The van der Waals surface area contributed by atoms with Crippen LogP contribution < -0.4 is 0 Å². The molecule has 0 bridgehead atoms. The molecule has 0 aliphatic carbocycles. The molecule has 0 saturated heterocycles. The Bertz CT molecular complexity index is 988. The van der Waals surface area contributed by atoms with Gasteiger partial charge in [0, 0.05) is 12.8 Å². The van der Waals surface area contributed by atoms with Gasteiger partial charge in [0.15, 0.2) is 6.10 Å². The maximum absolute atomic E-state index is 12.6. The van der Waals surface area contributed by atoms with Crippen LogP contribution in [-0.2, 0) is 32.7 Å². The lowest BCUT2D eigenvalue weighted by molar-refractivity contribution is -0.161. The number of esters is 2. The fourth-order valence-corrected chi connectivity index (χ4v) is 7.07. The van der Waals surface area contributed by atoms with Crippen molar-refractivity contribution in [3.8, 4) is 0 Å². The zero-order valence-corrected chi connectivity index (χ0v) is 36.8. The number of phosphoric ester groups is 1. The van der Waals surface area contributed by atoms with E-state index in [0.717, 1.165) is 64.2 Å². The number of ether oxygens (including phenoxy) is 2. The van der Waals surface area contributed by atoms with Crippen molar-refractivity contribution in [3.63, 3.8) is 0 Å². The Hall–Kier alpha value is -1.55. The third-order valence-corrected chi connectivity index (χ3v) is 10.8. The second-order valence-corrected chi connectivity index (χ2v) is 16.9. The molecule has 0 rings (SSSR count). The van der Waals surface area contributed by atoms with Crippen molar-refractivity contribution in [2.75, 3.05) is 26.4 Å². The first-order valence-corrected chi connectivity index (χ1v) is 24.3. The molecule has 330 valence electrons. The van der Waals surface area contributed by atoms with Gasteiger partial charge in [0.25, 0.3) is 0 Å². The Balaban J connectivity index is 4.24. The van der Waals surface area contributed by atoms with Crippen LogP contribution in [-0.4, -0.2) is 65.7 Å². The Morgan fingerprint density at radius 1 is 0.518 bits per heavy atom. The molecule has 0 amide bonds. The molecule has 0 aliphatic heterocycles. The summed E-state index contributed by atoms with van der Waals surface area (Å²) in [5.74, 6) is -0.933. The van der Waals surface area contributed by atoms with Crippen molar-refractivity contribution < 1.29 is 47.8 Å². The minimum Gasteiger partial charge on any atom is -0.462 e. The SMILES string of the molecule is CCCCCCC/C=C\CCCCCCCC(=O)O[C@H](COC(=O)CCCCCCCCC/C=C\CCCCCCCCCC)COP(=O)(O)OC[C@@H](O)CO. The lowest BCUT2D eigenvalue weighted by atomic mass is 10.1. The summed E-state index contributed by atoms with van der Waals surface area (Å²) < 4.78 is 32.7. The fourth-order valence-electron chi connectivity index (χ4n) is 6.28. The molecule has 0 aromatic carbocycles. The molecule has 10 nitrogen and oxygen atoms in total. The number of rotatable bonds is 43. The second-order valence-electron chi connectivity index (χ2n) is 15.4. The summed E-state index contributed by atoms with van der Waals surface area (Å²) in [4.78, 5) is 35.0. The number of carbonyl (C=O) groups excluding carboxylic acids is 2. The highest BCUT2D eigenvalue weighted by molar-refractivity contribution is 7.47. The van der Waals surface area contributed by atoms with Crippen molar-refractivity contribution in [1.29, 1.82) is 0 Å². The molecule has 0 spiro atoms. The van der Waals surface area contributed by atoms with Crippen LogP contribution in [0.2, 0.25) is 0 Å². The Morgan fingerprint density at radius 2 is 0.875 bits per heavy atom. The summed E-state index contributed by atoms with van der Waals surface area (Å²) >= 11 is 0. The average Bonchev–Trinajstić information content (AvgIpc) is 3.19. The van der Waals surface area contributed by atoms with E-state index in [1.165, 1.54) is 109 Å². The standard InChI is InChI=1S/C45H85O10P/c1-3-5-7-9-11-13-15-17-19-20-21-22-23-25-26-28-30-32-34-36-44(48)52-40-43(41-54-56(50,51)53-39-42(47)38-46)55-45(49)37-35-33-31-29-27-24-18-16-14-12-10-8-6-4-2/h16,18,20-21,42-43,46-47H,3-15,17,19,22-41H2,1-2H3,(H,50,51)/b18-16-,21-20-/t42-,43+/m0/s1. The first-order chi connectivity index (χ1) is 27.2. The van der Waals surface area contributed by atoms with Gasteiger partial charge in [-0.3, -0.25) is 18.6 Å². The van der Waals surface area contributed by atoms with Crippen LogP contribution >= 0.6 is 7.82 Å². The van der Waals surface area contributed by atoms with Crippen LogP contribution in [0.25, 0.3) is 0 Å². The van der Waals surface area contributed by atoms with Gasteiger partial charge >= 0.3 is 19.8 Å². The molecule has 0 fully saturated rings. The van der Waals surface area contributed by atoms with Gasteiger partial charge in [-0.05, 0) is 64.2 Å². The molecule has 3 N–H and O–H groups in total. The predicted molar refractivity (Wildman–Crippen MR) is 228 cm³/mol. The van der Waals surface area contributed by atoms with Gasteiger partial charge in [0.1, 0.15) is 12.7 Å². The van der Waals surface area contributed by atoms with Gasteiger partial charge in [-0.15, -0.1) is 0 Å². The molecule has 0 aliphatic rings. The molecule has 56 heavy (non-hydrogen) atoms. The minimum absolute atomic E-state index is 0.175. The zero-order valence-electron chi connectivity index (χ0n) is 35.9. The highest BCUT2D eigenvalue weighted by Crippen LogP contribution is 2.43. The normalized spacial score (nSPS) is 14.0. The van der Waals surface area contributed by atoms with Crippen molar-refractivity contribution >= 4 is 19.8 Å². The molecule has 11 heteroatoms. The summed E-state index contributed by atoms with van der Waals surface area (Å²) in [6.45, 7) is 2.37. The topological polar surface area (TPSA) is 149 Å². The van der Waals surface area contributed by atoms with E-state index in [9.17, 15) is 24.2 Å². The molecule has 0 saturated carbocycles. The molecule has 0 heterocycles. The smallest absolute Gasteiger partial charge is 0.462 e. The lowest BCUT2D eigenvalue weighted by Crippen LogP contribution is -2.29. The zero-order chi connectivity index (χ0) is 41.2. The molecule has 0 aromatic rings. The Kier molecular flexibility index (Phi) is 40.5. The van der Waals surface area contributed by atoms with Gasteiger partial charge in [-0.2, -0.15) is 0 Å². The Morgan fingerprint density at radius 3 is 1.29 bits per heavy atom. The monoisotopic (exact) mass is 817 g/mol. The number of hydrogen-bond donors (Lipinski definition) is 3. The van der Waals surface area contributed by atoms with Crippen LogP contribution in [0, 0.1) is 0 Å². The van der Waals surface area contributed by atoms with Gasteiger partial charge in [-0.1, -0.05) is 160 Å². The second kappa shape index (κ2) is 41.6. The van der Waals surface area contributed by atoms with Gasteiger partial charge < -0.3 is 24.6 Å². The van der Waals surface area contributed by atoms with Crippen LogP contribution in [0.4, 0.5) is 0 Å². The van der Waals surface area contributed by atoms with E-state index in [1.54, 1.807) is 0 Å². The average molecular weight is 817 g/mol. The first-order valence-electron chi connectivity index (χ1n) is 22.8. The van der Waals surface area contributed by atoms with Gasteiger partial charge in [0.2, 0.25) is 0 Å². The minimum atomic E-state index is -4.62. The highest BCUT2D eigenvalue weighted by Gasteiger charge is 2.27. The van der Waals surface area contributed by atoms with Crippen LogP contribution in [0.15, 0.2) is 24.3 Å². The third-order valence-electron chi connectivity index (χ3n) is 9.83. The summed E-state index contributed by atoms with van der Waals surface area (Å²) in [5.41, 5.74) is 0. The maximum atomic E-state index is 12.6. The van der Waals surface area contributed by atoms with Crippen molar-refractivity contribution in [3.05, 3.63) is 24.3 Å². The van der Waals surface area contributed by atoms with Crippen molar-refractivity contribution in [2.24, 2.45) is 0 Å². The number of unbranched alkanes of at least 4 members (excludes halogenated alkanes) is 25. The fraction of sp³-hybridized carbons (Fsp3) is 0.867. The lowest BCUT2D eigenvalue weighted by Gasteiger charge is -2.20. The summed E-state index contributed by atoms with van der Waals surface area (Å²) in [5, 5.41) is 18.3. The van der Waals surface area contributed by atoms with E-state index < -0.39 is 51.8 Å². The van der Waals surface area contributed by atoms with Crippen LogP contribution in [0.3, 0.4) is 0 Å². The van der Waals surface area contributed by atoms with Gasteiger partial charge in [-0.25, -0.2) is 4.57 Å². The molecular weight excluding hydrogens is 731 g/mol. The number of aliphatic hydroxyl groups excluding tert-OH is 2. The van der Waals surface area contributed by atoms with E-state index in [1.807, 2.05) is 0 Å². The van der Waals surface area contributed by atoms with Crippen LogP contribution in [0.5, 0.6) is 0 Å². The number of aliphatic hydroxyl groups is 2. The quantitative estimate of drug-likeness (QED) is 0.0235. The van der Waals surface area contributed by atoms with Crippen molar-refractivity contribution in [1.82, 2.24) is 0 Å². The molecule has 3 atom stereocenters. The largest absolute Gasteiger partial charge is 0.472 e. The van der Waals surface area contributed by atoms with Crippen molar-refractivity contribution in [2.45, 2.75) is 225 Å². The molecule has 0 aromatic heterocycles. The highest BCUT2D eigenvalue weighted by atomic mass is 31.2. The van der Waals surface area contributed by atoms with E-state index in [2.05, 4.69) is 38.2 Å². The summed E-state index contributed by atoms with van der Waals surface area (Å²) in [7, 11) is -4.62. The summed E-state index contributed by atoms with van der Waals surface area (Å²) in [6, 6.07) is 0. The summed E-state index contributed by atoms with van der Waals surface area (Å²) in [6.07, 6.45) is 41.4. The molecule has 0 radical (unpaired) electrons. The Labute approximate surface area is 342 Å². The molecular formula is C45H85O10P. The predicted octanol–water partition coefficient (Wildman–Crippen LogP) is 12.2.